The van der Waals surface area contributed by atoms with Gasteiger partial charge in [-0.25, -0.2) is 9.78 Å². The lowest BCUT2D eigenvalue weighted by Crippen LogP contribution is -2.33. The molecule has 0 unspecified atom stereocenters. The number of rotatable bonds is 5. The average Bonchev–Trinajstić information content (AvgIpc) is 3.18. The second kappa shape index (κ2) is 7.40. The minimum atomic E-state index is -0.804. The molecule has 0 bridgehead atoms. The molecule has 11 nitrogen and oxygen atoms in total. The highest BCUT2D eigenvalue weighted by atomic mass is 16.6. The van der Waals surface area contributed by atoms with E-state index in [1.165, 1.54) is 11.2 Å². The Morgan fingerprint density at radius 1 is 1.46 bits per heavy atom. The van der Waals surface area contributed by atoms with Crippen LogP contribution >= 0.6 is 0 Å². The van der Waals surface area contributed by atoms with E-state index in [-0.39, 0.29) is 30.4 Å². The quantitative estimate of drug-likeness (QED) is 0.659. The van der Waals surface area contributed by atoms with Crippen molar-refractivity contribution in [1.82, 2.24) is 24.4 Å². The van der Waals surface area contributed by atoms with Crippen LogP contribution in [0.3, 0.4) is 0 Å². The molecule has 1 amide bonds. The minimum absolute atomic E-state index is 0.0413. The van der Waals surface area contributed by atoms with Gasteiger partial charge in [-0.1, -0.05) is 0 Å². The van der Waals surface area contributed by atoms with Crippen LogP contribution in [-0.2, 0) is 4.74 Å². The number of nitrogens with two attached hydrogens (primary N) is 1. The fourth-order valence-corrected chi connectivity index (χ4v) is 2.87. The highest BCUT2D eigenvalue weighted by Crippen LogP contribution is 2.32. The number of amides is 1. The van der Waals surface area contributed by atoms with Crippen LogP contribution in [0.25, 0.3) is 11.2 Å². The Kier molecular flexibility index (Phi) is 5.20. The van der Waals surface area contributed by atoms with Crippen molar-refractivity contribution in [2.75, 3.05) is 25.4 Å². The van der Waals surface area contributed by atoms with Crippen molar-refractivity contribution in [2.24, 2.45) is 0 Å². The van der Waals surface area contributed by atoms with Gasteiger partial charge in [0.1, 0.15) is 12.3 Å². The zero-order valence-electron chi connectivity index (χ0n) is 14.6. The van der Waals surface area contributed by atoms with E-state index in [0.717, 1.165) is 0 Å². The van der Waals surface area contributed by atoms with E-state index in [9.17, 15) is 15.0 Å². The van der Waals surface area contributed by atoms with Crippen LogP contribution in [0, 0.1) is 0 Å². The number of carbonyl (C=O) groups excluding carboxylic acids is 1. The van der Waals surface area contributed by atoms with Crippen molar-refractivity contribution in [2.45, 2.75) is 38.7 Å². The summed E-state index contributed by atoms with van der Waals surface area (Å²) < 4.78 is 12.5. The molecule has 4 N–H and O–H groups in total. The summed E-state index contributed by atoms with van der Waals surface area (Å²) in [6.07, 6.45) is -0.914. The molecule has 1 aliphatic rings. The third-order valence-electron chi connectivity index (χ3n) is 4.31. The predicted octanol–water partition coefficient (Wildman–Crippen LogP) is -0.110. The highest BCUT2D eigenvalue weighted by molar-refractivity contribution is 5.81. The van der Waals surface area contributed by atoms with E-state index in [2.05, 4.69) is 15.0 Å². The van der Waals surface area contributed by atoms with Gasteiger partial charge in [0, 0.05) is 19.5 Å². The van der Waals surface area contributed by atoms with E-state index in [4.69, 9.17) is 15.2 Å². The number of imidazole rings is 1. The first kappa shape index (κ1) is 18.3. The van der Waals surface area contributed by atoms with Crippen LogP contribution in [-0.4, -0.2) is 72.6 Å². The molecular formula is C15H22N6O5. The van der Waals surface area contributed by atoms with Crippen molar-refractivity contribution in [3.05, 3.63) is 6.33 Å². The number of fused-ring (bicyclic) bond motifs is 1. The third kappa shape index (κ3) is 3.28. The smallest absolute Gasteiger partial charge is 0.394 e. The Bertz CT molecular complexity index is 792. The largest absolute Gasteiger partial charge is 0.416 e. The lowest BCUT2D eigenvalue weighted by atomic mass is 10.2. The van der Waals surface area contributed by atoms with Gasteiger partial charge in [0.15, 0.2) is 11.2 Å². The van der Waals surface area contributed by atoms with E-state index in [0.29, 0.717) is 18.7 Å². The standard InChI is InChI=1S/C15H22N6O5/c1-3-20(4-2)15(24)26-13-11-12(18-14(16)19-13)21(7-17-11)10-5-8(23)9(6-22)25-10/h7-10,22-23H,3-6H2,1-2H3,(H2,16,18,19)/t8-,9+,10+/m0/s1. The molecule has 1 fully saturated rings. The summed E-state index contributed by atoms with van der Waals surface area (Å²) in [6.45, 7) is 4.36. The first-order valence-corrected chi connectivity index (χ1v) is 8.39. The molecule has 3 rings (SSSR count). The zero-order chi connectivity index (χ0) is 18.8. The molecule has 0 aromatic carbocycles. The first-order valence-electron chi connectivity index (χ1n) is 8.39. The van der Waals surface area contributed by atoms with Gasteiger partial charge >= 0.3 is 6.09 Å². The normalized spacial score (nSPS) is 22.7. The number of aromatic nitrogens is 4. The summed E-state index contributed by atoms with van der Waals surface area (Å²) in [4.78, 5) is 26.0. The summed E-state index contributed by atoms with van der Waals surface area (Å²) in [5.74, 6) is -0.126. The third-order valence-corrected chi connectivity index (χ3v) is 4.31. The number of nitrogens with zero attached hydrogens (tertiary/aromatic N) is 5. The Balaban J connectivity index is 1.93. The first-order chi connectivity index (χ1) is 12.5. The monoisotopic (exact) mass is 366 g/mol. The number of aliphatic hydroxyl groups is 2. The van der Waals surface area contributed by atoms with E-state index in [1.807, 2.05) is 13.8 Å². The van der Waals surface area contributed by atoms with Gasteiger partial charge in [0.2, 0.25) is 5.95 Å². The number of hydrogen-bond donors (Lipinski definition) is 3. The van der Waals surface area contributed by atoms with Crippen LogP contribution in [0.1, 0.15) is 26.5 Å². The SMILES string of the molecule is CCN(CC)C(=O)Oc1nc(N)nc2c1ncn2[C@H]1C[C@H](O)[C@@H](CO)O1. The fourth-order valence-electron chi connectivity index (χ4n) is 2.87. The highest BCUT2D eigenvalue weighted by Gasteiger charge is 2.35. The van der Waals surface area contributed by atoms with Crippen LogP contribution in [0.5, 0.6) is 5.88 Å². The van der Waals surface area contributed by atoms with Gasteiger partial charge < -0.3 is 30.3 Å². The van der Waals surface area contributed by atoms with Gasteiger partial charge in [-0.05, 0) is 13.8 Å². The second-order valence-electron chi connectivity index (χ2n) is 5.87. The molecule has 0 saturated carbocycles. The van der Waals surface area contributed by atoms with E-state index < -0.39 is 24.5 Å². The molecule has 3 atom stereocenters. The topological polar surface area (TPSA) is 149 Å². The van der Waals surface area contributed by atoms with Gasteiger partial charge in [-0.2, -0.15) is 9.97 Å². The number of carbonyl (C=O) groups is 1. The molecule has 11 heteroatoms. The summed E-state index contributed by atoms with van der Waals surface area (Å²) in [5, 5.41) is 19.2. The summed E-state index contributed by atoms with van der Waals surface area (Å²) in [6, 6.07) is 0. The molecule has 0 spiro atoms. The molecule has 3 heterocycles. The molecule has 142 valence electrons. The summed E-state index contributed by atoms with van der Waals surface area (Å²) in [7, 11) is 0. The number of anilines is 1. The average molecular weight is 366 g/mol. The summed E-state index contributed by atoms with van der Waals surface area (Å²) >= 11 is 0. The van der Waals surface area contributed by atoms with Crippen LogP contribution in [0.4, 0.5) is 10.7 Å². The second-order valence-corrected chi connectivity index (χ2v) is 5.87. The molecule has 1 saturated heterocycles. The van der Waals surface area contributed by atoms with Crippen molar-refractivity contribution in [3.63, 3.8) is 0 Å². The maximum Gasteiger partial charge on any atom is 0.416 e. The molecule has 2 aromatic heterocycles. The van der Waals surface area contributed by atoms with Gasteiger partial charge in [-0.3, -0.25) is 4.57 Å². The van der Waals surface area contributed by atoms with Crippen molar-refractivity contribution >= 4 is 23.2 Å². The lowest BCUT2D eigenvalue weighted by molar-refractivity contribution is -0.0432. The zero-order valence-corrected chi connectivity index (χ0v) is 14.6. The molecular weight excluding hydrogens is 344 g/mol. The Morgan fingerprint density at radius 3 is 2.81 bits per heavy atom. The molecule has 1 aliphatic heterocycles. The maximum atomic E-state index is 12.2. The lowest BCUT2D eigenvalue weighted by Gasteiger charge is -2.17. The van der Waals surface area contributed by atoms with Crippen molar-refractivity contribution < 1.29 is 24.5 Å². The predicted molar refractivity (Wildman–Crippen MR) is 90.3 cm³/mol. The Morgan fingerprint density at radius 2 is 2.19 bits per heavy atom. The molecule has 0 radical (unpaired) electrons. The Labute approximate surface area is 149 Å². The number of nitrogen functional groups attached to an aromatic ring is 1. The summed E-state index contributed by atoms with van der Waals surface area (Å²) in [5.41, 5.74) is 6.32. The van der Waals surface area contributed by atoms with E-state index >= 15 is 0 Å². The van der Waals surface area contributed by atoms with Gasteiger partial charge in [0.25, 0.3) is 5.88 Å². The van der Waals surface area contributed by atoms with Crippen LogP contribution in [0.2, 0.25) is 0 Å². The van der Waals surface area contributed by atoms with Gasteiger partial charge in [0.05, 0.1) is 19.0 Å². The van der Waals surface area contributed by atoms with Crippen molar-refractivity contribution in [3.8, 4) is 5.88 Å². The van der Waals surface area contributed by atoms with Gasteiger partial charge in [-0.15, -0.1) is 0 Å². The van der Waals surface area contributed by atoms with Crippen LogP contribution in [0.15, 0.2) is 6.33 Å². The van der Waals surface area contributed by atoms with E-state index in [1.54, 1.807) is 4.57 Å². The fraction of sp³-hybridized carbons (Fsp3) is 0.600. The number of ether oxygens (including phenoxy) is 2. The maximum absolute atomic E-state index is 12.2. The minimum Gasteiger partial charge on any atom is -0.394 e. The number of aliphatic hydroxyl groups excluding tert-OH is 2. The molecule has 26 heavy (non-hydrogen) atoms. The molecule has 2 aromatic rings. The molecule has 0 aliphatic carbocycles. The number of hydrogen-bond acceptors (Lipinski definition) is 9. The Hall–Kier alpha value is -2.50. The van der Waals surface area contributed by atoms with Crippen LogP contribution < -0.4 is 10.5 Å². The van der Waals surface area contributed by atoms with Crippen molar-refractivity contribution in [1.29, 1.82) is 0 Å².